The molecule has 0 aliphatic carbocycles. The first-order valence-corrected chi connectivity index (χ1v) is 15.1. The highest BCUT2D eigenvalue weighted by Gasteiger charge is 2.34. The molecule has 0 saturated carbocycles. The third kappa shape index (κ3) is 7.23. The van der Waals surface area contributed by atoms with Gasteiger partial charge >= 0.3 is 0 Å². The van der Waals surface area contributed by atoms with Gasteiger partial charge in [-0.15, -0.1) is 0 Å². The van der Waals surface area contributed by atoms with Gasteiger partial charge in [-0.3, -0.25) is 14.8 Å². The van der Waals surface area contributed by atoms with Crippen LogP contribution in [-0.2, 0) is 6.54 Å². The summed E-state index contributed by atoms with van der Waals surface area (Å²) in [7, 11) is 0. The van der Waals surface area contributed by atoms with Gasteiger partial charge in [-0.25, -0.2) is 15.8 Å². The molecule has 216 valence electrons. The van der Waals surface area contributed by atoms with Crippen molar-refractivity contribution in [3.05, 3.63) is 71.8 Å². The van der Waals surface area contributed by atoms with Gasteiger partial charge in [0.15, 0.2) is 0 Å². The molecule has 3 N–H and O–H groups in total. The molecule has 40 heavy (non-hydrogen) atoms. The van der Waals surface area contributed by atoms with E-state index in [-0.39, 0.29) is 0 Å². The van der Waals surface area contributed by atoms with Gasteiger partial charge in [0.25, 0.3) is 0 Å². The summed E-state index contributed by atoms with van der Waals surface area (Å²) in [6, 6.07) is 11.7. The number of benzene rings is 1. The number of rotatable bonds is 8. The molecule has 2 aliphatic heterocycles. The Kier molecular flexibility index (Phi) is 11.0. The number of nitrogens with one attached hydrogen (secondary N) is 1. The van der Waals surface area contributed by atoms with Gasteiger partial charge in [-0.2, -0.15) is 0 Å². The normalized spacial score (nSPS) is 19.1. The molecular formula is C31H45ClN8. The van der Waals surface area contributed by atoms with E-state index >= 15 is 0 Å². The number of hydrazine groups is 1. The van der Waals surface area contributed by atoms with Crippen LogP contribution in [0.25, 0.3) is 11.4 Å². The Bertz CT molecular complexity index is 1190. The monoisotopic (exact) mass is 564 g/mol. The number of nitrogens with zero attached hydrogens (tertiary/aromatic N) is 6. The third-order valence-electron chi connectivity index (χ3n) is 7.87. The first-order valence-electron chi connectivity index (χ1n) is 14.7. The molecule has 8 nitrogen and oxygen atoms in total. The maximum absolute atomic E-state index is 6.70. The fraction of sp³-hybridized carbons (Fsp3) is 0.484. The summed E-state index contributed by atoms with van der Waals surface area (Å²) in [6.45, 7) is 14.5. The third-order valence-corrected chi connectivity index (χ3v) is 8.15. The largest absolute Gasteiger partial charge is 0.353 e. The van der Waals surface area contributed by atoms with E-state index in [0.29, 0.717) is 17.1 Å². The Labute approximate surface area is 244 Å². The number of allylic oxidation sites excluding steroid dienone is 1. The van der Waals surface area contributed by atoms with Gasteiger partial charge in [0, 0.05) is 68.6 Å². The zero-order chi connectivity index (χ0) is 28.5. The molecule has 2 saturated heterocycles. The quantitative estimate of drug-likeness (QED) is 0.259. The molecule has 1 unspecified atom stereocenters. The molecule has 1 aromatic carbocycles. The van der Waals surface area contributed by atoms with Crippen LogP contribution >= 0.6 is 11.6 Å². The minimum atomic E-state index is 0.506. The Morgan fingerprint density at radius 3 is 2.48 bits per heavy atom. The molecule has 4 heterocycles. The van der Waals surface area contributed by atoms with Crippen LogP contribution in [0, 0.1) is 0 Å². The summed E-state index contributed by atoms with van der Waals surface area (Å²) in [5.74, 6) is 7.70. The van der Waals surface area contributed by atoms with Gasteiger partial charge in [-0.1, -0.05) is 50.6 Å². The van der Waals surface area contributed by atoms with Gasteiger partial charge in [0.1, 0.15) is 11.6 Å². The number of likely N-dealkylation sites (tertiary alicyclic amines) is 1. The van der Waals surface area contributed by atoms with Crippen molar-refractivity contribution < 1.29 is 0 Å². The van der Waals surface area contributed by atoms with Crippen LogP contribution < -0.4 is 15.8 Å². The molecule has 2 aromatic heterocycles. The Balaban J connectivity index is 0.00000181. The highest BCUT2D eigenvalue weighted by atomic mass is 35.5. The average molecular weight is 565 g/mol. The maximum Gasteiger partial charge on any atom is 0.147 e. The van der Waals surface area contributed by atoms with E-state index in [0.717, 1.165) is 68.6 Å². The van der Waals surface area contributed by atoms with E-state index in [1.165, 1.54) is 18.4 Å². The highest BCUT2D eigenvalue weighted by Crippen LogP contribution is 2.31. The lowest BCUT2D eigenvalue weighted by Crippen LogP contribution is -2.58. The number of nitrogens with two attached hydrogens (primary N) is 1. The SMILES string of the molecule is C/C=C\N(N)c1ccc(CN2CCC(N3CCN(c4ncc(-c5ncc[nH]5)cc4Cl)CC3CC)CC2)cc1.CC. The Hall–Kier alpha value is -2.91. The minimum absolute atomic E-state index is 0.506. The van der Waals surface area contributed by atoms with Crippen molar-refractivity contribution in [2.75, 3.05) is 42.6 Å². The van der Waals surface area contributed by atoms with Crippen molar-refractivity contribution in [3.63, 3.8) is 0 Å². The lowest BCUT2D eigenvalue weighted by atomic mass is 9.97. The van der Waals surface area contributed by atoms with Crippen LogP contribution in [0.2, 0.25) is 5.02 Å². The van der Waals surface area contributed by atoms with Crippen molar-refractivity contribution in [2.45, 2.75) is 65.6 Å². The number of H-pyrrole nitrogens is 1. The maximum atomic E-state index is 6.70. The molecule has 0 amide bonds. The smallest absolute Gasteiger partial charge is 0.147 e. The predicted molar refractivity (Wildman–Crippen MR) is 167 cm³/mol. The number of hydrogen-bond acceptors (Lipinski definition) is 7. The lowest BCUT2D eigenvalue weighted by molar-refractivity contribution is 0.0610. The second-order valence-electron chi connectivity index (χ2n) is 10.3. The van der Waals surface area contributed by atoms with Crippen molar-refractivity contribution in [3.8, 4) is 11.4 Å². The van der Waals surface area contributed by atoms with Gasteiger partial charge in [-0.05, 0) is 63.0 Å². The van der Waals surface area contributed by atoms with Crippen molar-refractivity contribution >= 4 is 23.1 Å². The van der Waals surface area contributed by atoms with E-state index < -0.39 is 0 Å². The number of aromatic nitrogens is 3. The second kappa shape index (κ2) is 14.6. The number of piperidine rings is 1. The van der Waals surface area contributed by atoms with E-state index in [2.05, 4.69) is 55.9 Å². The lowest BCUT2D eigenvalue weighted by Gasteiger charge is -2.47. The van der Waals surface area contributed by atoms with Gasteiger partial charge < -0.3 is 9.88 Å². The van der Waals surface area contributed by atoms with E-state index in [4.69, 9.17) is 22.4 Å². The van der Waals surface area contributed by atoms with Crippen LogP contribution in [0.1, 0.15) is 52.5 Å². The minimum Gasteiger partial charge on any atom is -0.353 e. The van der Waals surface area contributed by atoms with Gasteiger partial charge in [0.2, 0.25) is 0 Å². The van der Waals surface area contributed by atoms with Gasteiger partial charge in [0.05, 0.1) is 10.7 Å². The summed E-state index contributed by atoms with van der Waals surface area (Å²) in [4.78, 5) is 19.9. The van der Waals surface area contributed by atoms with E-state index in [1.807, 2.05) is 51.5 Å². The van der Waals surface area contributed by atoms with Crippen LogP contribution in [0.4, 0.5) is 11.5 Å². The Morgan fingerprint density at radius 1 is 1.10 bits per heavy atom. The average Bonchev–Trinajstić information content (AvgIpc) is 3.54. The number of anilines is 2. The zero-order valence-electron chi connectivity index (χ0n) is 24.4. The number of aromatic amines is 1. The first-order chi connectivity index (χ1) is 19.6. The molecular weight excluding hydrogens is 520 g/mol. The molecule has 0 spiro atoms. The molecule has 2 aliphatic rings. The van der Waals surface area contributed by atoms with Crippen LogP contribution in [0.15, 0.2) is 61.2 Å². The summed E-state index contributed by atoms with van der Waals surface area (Å²) < 4.78 is 0. The van der Waals surface area contributed by atoms with E-state index in [1.54, 1.807) is 11.2 Å². The van der Waals surface area contributed by atoms with Crippen molar-refractivity contribution in [2.24, 2.45) is 5.84 Å². The standard InChI is InChI=1S/C29H39ClN8.C2H6/c1-3-13-38(31)26-7-5-22(6-8-26)20-35-14-9-25(10-15-35)37-17-16-36(21-24(37)4-2)29-27(30)18-23(19-34-29)28-32-11-12-33-28;1-2/h3,5-8,11-13,18-19,24-25H,4,9-10,14-17,20-21,31H2,1-2H3,(H,32,33);1-2H3/b13-3-;. The second-order valence-corrected chi connectivity index (χ2v) is 10.7. The van der Waals surface area contributed by atoms with Crippen molar-refractivity contribution in [1.29, 1.82) is 0 Å². The van der Waals surface area contributed by atoms with Crippen LogP contribution in [0.3, 0.4) is 0 Å². The number of hydrogen-bond donors (Lipinski definition) is 2. The summed E-state index contributed by atoms with van der Waals surface area (Å²) in [5.41, 5.74) is 3.25. The predicted octanol–water partition coefficient (Wildman–Crippen LogP) is 5.93. The topological polar surface area (TPSA) is 80.6 Å². The fourth-order valence-corrected chi connectivity index (χ4v) is 6.10. The van der Waals surface area contributed by atoms with E-state index in [9.17, 15) is 0 Å². The molecule has 1 atom stereocenters. The van der Waals surface area contributed by atoms with Crippen molar-refractivity contribution in [1.82, 2.24) is 24.8 Å². The zero-order valence-corrected chi connectivity index (χ0v) is 25.2. The first kappa shape index (κ1) is 30.1. The molecule has 0 bridgehead atoms. The Morgan fingerprint density at radius 2 is 1.85 bits per heavy atom. The number of pyridine rings is 1. The number of imidazole rings is 1. The van der Waals surface area contributed by atoms with Crippen LogP contribution in [-0.4, -0.2) is 69.6 Å². The molecule has 2 fully saturated rings. The number of piperazine rings is 1. The molecule has 9 heteroatoms. The number of halogens is 1. The summed E-state index contributed by atoms with van der Waals surface area (Å²) in [6.07, 6.45) is 12.8. The fourth-order valence-electron chi connectivity index (χ4n) is 5.81. The molecule has 3 aromatic rings. The summed E-state index contributed by atoms with van der Waals surface area (Å²) in [5, 5.41) is 2.34. The summed E-state index contributed by atoms with van der Waals surface area (Å²) >= 11 is 6.70. The highest BCUT2D eigenvalue weighted by molar-refractivity contribution is 6.33. The van der Waals surface area contributed by atoms with Crippen LogP contribution in [0.5, 0.6) is 0 Å². The molecule has 5 rings (SSSR count). The molecule has 0 radical (unpaired) electrons.